The Balaban J connectivity index is 0.000000562. The summed E-state index contributed by atoms with van der Waals surface area (Å²) < 4.78 is 8.68. The van der Waals surface area contributed by atoms with E-state index in [4.69, 9.17) is 19.5 Å². The lowest BCUT2D eigenvalue weighted by atomic mass is 9.72. The number of aromatic nitrogens is 4. The molecule has 0 radical (unpaired) electrons. The van der Waals surface area contributed by atoms with Crippen LogP contribution >= 0.6 is 0 Å². The summed E-state index contributed by atoms with van der Waals surface area (Å²) >= 11 is 0. The van der Waals surface area contributed by atoms with Crippen LogP contribution in [0.3, 0.4) is 0 Å². The third-order valence-electron chi connectivity index (χ3n) is 14.0. The molecule has 1 spiro atoms. The van der Waals surface area contributed by atoms with Crippen LogP contribution in [0.25, 0.3) is 44.3 Å². The summed E-state index contributed by atoms with van der Waals surface area (Å²) in [5.74, 6) is 1.40. The lowest BCUT2D eigenvalue weighted by Crippen LogP contribution is -2.51. The molecule has 6 aromatic rings. The minimum atomic E-state index is -0.680. The highest BCUT2D eigenvalue weighted by atomic mass is 16.5. The fourth-order valence-corrected chi connectivity index (χ4v) is 10.6. The van der Waals surface area contributed by atoms with Gasteiger partial charge in [-0.05, 0) is 115 Å². The Morgan fingerprint density at radius 3 is 1.93 bits per heavy atom. The zero-order valence-corrected chi connectivity index (χ0v) is 39.8. The average Bonchev–Trinajstić information content (AvgIpc) is 4.22. The van der Waals surface area contributed by atoms with E-state index in [1.165, 1.54) is 74.1 Å². The van der Waals surface area contributed by atoms with Crippen LogP contribution in [0.4, 0.5) is 4.79 Å². The molecule has 14 nitrogen and oxygen atoms in total. The second-order valence-corrected chi connectivity index (χ2v) is 18.7. The van der Waals surface area contributed by atoms with Crippen LogP contribution in [0.2, 0.25) is 0 Å². The number of alkyl carbamates (subject to hydrolysis) is 1. The molecule has 2 aromatic heterocycles. The number of benzene rings is 4. The molecule has 0 bridgehead atoms. The minimum absolute atomic E-state index is 0.0524. The van der Waals surface area contributed by atoms with E-state index < -0.39 is 12.1 Å². The number of aromatic amines is 2. The highest BCUT2D eigenvalue weighted by molar-refractivity contribution is 5.89. The number of likely N-dealkylation sites (tertiary alicyclic amines) is 1. The van der Waals surface area contributed by atoms with Gasteiger partial charge < -0.3 is 39.9 Å². The first kappa shape index (κ1) is 47.7. The normalized spacial score (nSPS) is 18.4. The molecule has 356 valence electrons. The maximum atomic E-state index is 13.8. The monoisotopic (exact) mass is 920 g/mol. The first-order valence-electron chi connectivity index (χ1n) is 23.9. The topological polar surface area (TPSA) is 175 Å². The first-order chi connectivity index (χ1) is 33.1. The maximum absolute atomic E-state index is 13.8. The standard InChI is InChI=1S/C46H54N8O4.C6H6.C2H4O2/c1-27(2)41(52-45(57)58-4)44(56)54-21-9-11-39(54)43-49-35-17-13-29(23-37(35)51-43)31-15-14-30(32-24-46(25-33(31)32)18-6-5-7-19-46)28-12-16-34-36(22-28)50-42(48-34)38-10-8-20-53(38)40(55)26-47-3;1-2-4-6-5-3-1;1-4-2-3/h8,10,12-17,22-23,27,38-39,41,47H,5-7,9,11,18-21,24-26H2,1-4H3,(H,48,50)(H,49,51)(H,52,57);1-6H;2H,1H3. The van der Waals surface area contributed by atoms with Gasteiger partial charge >= 0.3 is 6.09 Å². The van der Waals surface area contributed by atoms with Gasteiger partial charge in [0.15, 0.2) is 0 Å². The molecule has 68 heavy (non-hydrogen) atoms. The maximum Gasteiger partial charge on any atom is 0.407 e. The van der Waals surface area contributed by atoms with Gasteiger partial charge in [-0.2, -0.15) is 0 Å². The van der Waals surface area contributed by atoms with Gasteiger partial charge in [-0.15, -0.1) is 0 Å². The van der Waals surface area contributed by atoms with Crippen molar-refractivity contribution in [2.45, 2.75) is 89.8 Å². The zero-order chi connectivity index (χ0) is 47.8. The van der Waals surface area contributed by atoms with Crippen molar-refractivity contribution in [3.63, 3.8) is 0 Å². The lowest BCUT2D eigenvalue weighted by molar-refractivity contribution is -0.135. The summed E-state index contributed by atoms with van der Waals surface area (Å²) in [5, 5.41) is 5.73. The molecular formula is C54H64N8O6. The quantitative estimate of drug-likeness (QED) is 0.0772. The van der Waals surface area contributed by atoms with Gasteiger partial charge in [-0.3, -0.25) is 14.4 Å². The van der Waals surface area contributed by atoms with E-state index in [9.17, 15) is 14.4 Å². The number of fused-ring (bicyclic) bond motifs is 3. The van der Waals surface area contributed by atoms with E-state index in [1.807, 2.05) is 66.1 Å². The van der Waals surface area contributed by atoms with Crippen LogP contribution < -0.4 is 10.6 Å². The number of nitrogens with zero attached hydrogens (tertiary/aromatic N) is 4. The van der Waals surface area contributed by atoms with E-state index >= 15 is 0 Å². The summed E-state index contributed by atoms with van der Waals surface area (Å²) in [7, 11) is 4.42. The molecule has 2 aliphatic carbocycles. The fraction of sp³-hybridized carbons (Fsp3) is 0.407. The second kappa shape index (κ2) is 21.4. The van der Waals surface area contributed by atoms with Crippen molar-refractivity contribution in [1.29, 1.82) is 0 Å². The third kappa shape index (κ3) is 10.2. The summed E-state index contributed by atoms with van der Waals surface area (Å²) in [6.07, 6.45) is 13.7. The van der Waals surface area contributed by atoms with E-state index in [0.717, 1.165) is 65.0 Å². The summed E-state index contributed by atoms with van der Waals surface area (Å²) in [6.45, 7) is 5.72. The average molecular weight is 921 g/mol. The van der Waals surface area contributed by atoms with Crippen LogP contribution in [0.1, 0.15) is 93.7 Å². The molecular weight excluding hydrogens is 857 g/mol. The number of likely N-dealkylation sites (N-methyl/N-ethyl adjacent to an activating group) is 1. The molecule has 4 aliphatic rings. The smallest absolute Gasteiger partial charge is 0.407 e. The van der Waals surface area contributed by atoms with E-state index in [2.05, 4.69) is 79.9 Å². The van der Waals surface area contributed by atoms with Gasteiger partial charge in [0.25, 0.3) is 6.47 Å². The predicted molar refractivity (Wildman–Crippen MR) is 264 cm³/mol. The van der Waals surface area contributed by atoms with Crippen molar-refractivity contribution in [2.75, 3.05) is 40.9 Å². The zero-order valence-electron chi connectivity index (χ0n) is 39.8. The number of hydrogen-bond acceptors (Lipinski definition) is 9. The number of imidazole rings is 2. The summed E-state index contributed by atoms with van der Waals surface area (Å²) in [4.78, 5) is 68.6. The Labute approximate surface area is 398 Å². The molecule has 1 saturated heterocycles. The number of ether oxygens (including phenoxy) is 2. The Morgan fingerprint density at radius 2 is 1.38 bits per heavy atom. The van der Waals surface area contributed by atoms with Crippen molar-refractivity contribution in [3.8, 4) is 22.3 Å². The number of amides is 3. The highest BCUT2D eigenvalue weighted by Crippen LogP contribution is 2.52. The first-order valence-corrected chi connectivity index (χ1v) is 23.9. The Morgan fingerprint density at radius 1 is 0.809 bits per heavy atom. The van der Waals surface area contributed by atoms with Gasteiger partial charge in [0, 0.05) is 13.1 Å². The molecule has 2 aliphatic heterocycles. The van der Waals surface area contributed by atoms with Crippen LogP contribution in [0, 0.1) is 11.3 Å². The molecule has 10 rings (SSSR count). The fourth-order valence-electron chi connectivity index (χ4n) is 10.6. The van der Waals surface area contributed by atoms with E-state index in [1.54, 1.807) is 7.05 Å². The van der Waals surface area contributed by atoms with Crippen molar-refractivity contribution in [2.24, 2.45) is 11.3 Å². The van der Waals surface area contributed by atoms with Crippen LogP contribution in [0.5, 0.6) is 0 Å². The molecule has 14 heteroatoms. The molecule has 3 unspecified atom stereocenters. The number of H-pyrrole nitrogens is 2. The van der Waals surface area contributed by atoms with Gasteiger partial charge in [0.2, 0.25) is 11.8 Å². The third-order valence-corrected chi connectivity index (χ3v) is 14.0. The molecule has 2 fully saturated rings. The van der Waals surface area contributed by atoms with E-state index in [0.29, 0.717) is 26.1 Å². The van der Waals surface area contributed by atoms with Crippen molar-refractivity contribution < 1.29 is 28.7 Å². The number of hydrogen-bond donors (Lipinski definition) is 4. The Hall–Kier alpha value is -6.80. The Bertz CT molecular complexity index is 2730. The highest BCUT2D eigenvalue weighted by Gasteiger charge is 2.41. The number of rotatable bonds is 10. The molecule has 4 N–H and O–H groups in total. The second-order valence-electron chi connectivity index (χ2n) is 18.7. The van der Waals surface area contributed by atoms with Gasteiger partial charge in [0.1, 0.15) is 23.7 Å². The van der Waals surface area contributed by atoms with E-state index in [-0.39, 0.29) is 35.2 Å². The van der Waals surface area contributed by atoms with Crippen molar-refractivity contribution in [3.05, 3.63) is 120 Å². The Kier molecular flexibility index (Phi) is 15.0. The van der Waals surface area contributed by atoms with Crippen LogP contribution in [0.15, 0.2) is 97.1 Å². The minimum Gasteiger partial charge on any atom is -0.471 e. The molecule has 3 amide bonds. The number of carbonyl (C=O) groups is 4. The predicted octanol–water partition coefficient (Wildman–Crippen LogP) is 9.00. The van der Waals surface area contributed by atoms with Crippen LogP contribution in [-0.4, -0.2) is 101 Å². The van der Waals surface area contributed by atoms with Gasteiger partial charge in [-0.1, -0.05) is 106 Å². The number of nitrogens with one attached hydrogen (secondary N) is 4. The SMILES string of the molecule is CNCC(=O)N1CC=CC1c1nc2ccc(-c3ccc(-c4ccc5nc(C6CCCN6C(=O)C(NC(=O)OC)C(C)C)[nH]c5c4)c4c3CC3(CCCCC3)C4)cc2[nH]1.COC=O.c1ccccc1. The summed E-state index contributed by atoms with van der Waals surface area (Å²) in [5.41, 5.74) is 11.8. The lowest BCUT2D eigenvalue weighted by Gasteiger charge is -2.33. The van der Waals surface area contributed by atoms with Gasteiger partial charge in [0.05, 0.1) is 48.9 Å². The van der Waals surface area contributed by atoms with Crippen molar-refractivity contribution >= 4 is 46.4 Å². The number of methoxy groups -OCH3 is 2. The molecule has 4 aromatic carbocycles. The summed E-state index contributed by atoms with van der Waals surface area (Å²) in [6, 6.07) is 28.6. The van der Waals surface area contributed by atoms with Crippen molar-refractivity contribution in [1.82, 2.24) is 40.4 Å². The molecule has 3 atom stereocenters. The molecule has 4 heterocycles. The van der Waals surface area contributed by atoms with Crippen LogP contribution in [-0.2, 0) is 36.7 Å². The molecule has 1 saturated carbocycles. The number of carbonyl (C=O) groups excluding carboxylic acids is 4. The van der Waals surface area contributed by atoms with Gasteiger partial charge in [-0.25, -0.2) is 14.8 Å². The largest absolute Gasteiger partial charge is 0.471 e.